The van der Waals surface area contributed by atoms with Crippen molar-refractivity contribution in [2.45, 2.75) is 63.5 Å². The van der Waals surface area contributed by atoms with Crippen LogP contribution in [0.4, 0.5) is 20.4 Å². The summed E-state index contributed by atoms with van der Waals surface area (Å²) in [6, 6.07) is 7.90. The maximum Gasteiger partial charge on any atom is 0.312 e. The van der Waals surface area contributed by atoms with Crippen molar-refractivity contribution in [3.63, 3.8) is 0 Å². The molecule has 30 heavy (non-hydrogen) atoms. The van der Waals surface area contributed by atoms with Crippen LogP contribution in [0.2, 0.25) is 0 Å². The highest BCUT2D eigenvalue weighted by Gasteiger charge is 2.34. The number of hydrogen-bond donors (Lipinski definition) is 2. The minimum Gasteiger partial charge on any atom is -0.393 e. The van der Waals surface area contributed by atoms with Crippen molar-refractivity contribution in [2.75, 3.05) is 18.5 Å². The molecule has 0 aliphatic heterocycles. The summed E-state index contributed by atoms with van der Waals surface area (Å²) in [7, 11) is 0. The second-order valence-corrected chi connectivity index (χ2v) is 8.59. The molecule has 7 nitrogen and oxygen atoms in total. The van der Waals surface area contributed by atoms with E-state index in [1.165, 1.54) is 12.1 Å². The molecule has 0 spiro atoms. The Morgan fingerprint density at radius 3 is 2.73 bits per heavy atom. The molecule has 2 N–H and O–H groups in total. The highest BCUT2D eigenvalue weighted by molar-refractivity contribution is 5.53. The second-order valence-electron chi connectivity index (χ2n) is 8.59. The van der Waals surface area contributed by atoms with Crippen molar-refractivity contribution in [3.05, 3.63) is 35.7 Å². The van der Waals surface area contributed by atoms with E-state index < -0.39 is 24.8 Å². The van der Waals surface area contributed by atoms with Crippen LogP contribution < -0.4 is 5.32 Å². The third-order valence-corrected chi connectivity index (χ3v) is 5.02. The molecule has 162 valence electrons. The Morgan fingerprint density at radius 1 is 1.33 bits per heavy atom. The maximum absolute atomic E-state index is 14.3. The molecule has 0 amide bonds. The summed E-state index contributed by atoms with van der Waals surface area (Å²) >= 11 is 0. The van der Waals surface area contributed by atoms with E-state index in [1.807, 2.05) is 31.5 Å². The van der Waals surface area contributed by atoms with Crippen molar-refractivity contribution in [3.8, 4) is 6.07 Å². The lowest BCUT2D eigenvalue weighted by atomic mass is 10.0. The fraction of sp³-hybridized carbons (Fsp3) is 0.571. The van der Waals surface area contributed by atoms with Gasteiger partial charge in [-0.05, 0) is 52.2 Å². The monoisotopic (exact) mass is 419 g/mol. The second kappa shape index (κ2) is 8.66. The third kappa shape index (κ3) is 5.12. The number of nitrogens with zero attached hydrogens (tertiary/aromatic N) is 4. The van der Waals surface area contributed by atoms with E-state index in [9.17, 15) is 13.9 Å². The Hall–Kier alpha value is -2.57. The fourth-order valence-electron chi connectivity index (χ4n) is 3.56. The van der Waals surface area contributed by atoms with Crippen LogP contribution in [0.15, 0.2) is 24.3 Å². The van der Waals surface area contributed by atoms with Gasteiger partial charge in [-0.1, -0.05) is 6.07 Å². The van der Waals surface area contributed by atoms with Gasteiger partial charge in [0.15, 0.2) is 0 Å². The van der Waals surface area contributed by atoms with E-state index in [4.69, 9.17) is 10.4 Å². The Bertz CT molecular complexity index is 917. The molecule has 0 unspecified atom stereocenters. The number of aliphatic hydroxyl groups excluding tert-OH is 1. The number of nitriles is 1. The molecule has 2 atom stereocenters. The number of aromatic nitrogens is 3. The van der Waals surface area contributed by atoms with Crippen LogP contribution in [0, 0.1) is 11.3 Å². The zero-order valence-electron chi connectivity index (χ0n) is 17.4. The van der Waals surface area contributed by atoms with Crippen LogP contribution in [0.1, 0.15) is 57.3 Å². The summed E-state index contributed by atoms with van der Waals surface area (Å²) in [6.45, 7) is 4.69. The van der Waals surface area contributed by atoms with Gasteiger partial charge in [-0.15, -0.1) is 0 Å². The van der Waals surface area contributed by atoms with Gasteiger partial charge in [0.25, 0.3) is 0 Å². The molecule has 0 radical (unpaired) electrons. The smallest absolute Gasteiger partial charge is 0.312 e. The Morgan fingerprint density at radius 2 is 2.10 bits per heavy atom. The SMILES string of the molecule is CC(C)(C)n1nc([C@@H]2CC[C@H](O)C2)cc1Nc1cccc(C(F)(F)COCC#N)n1. The molecule has 0 saturated heterocycles. The Balaban J connectivity index is 1.85. The molecular weight excluding hydrogens is 392 g/mol. The summed E-state index contributed by atoms with van der Waals surface area (Å²) in [5.41, 5.74) is 0.0894. The van der Waals surface area contributed by atoms with Crippen molar-refractivity contribution in [2.24, 2.45) is 0 Å². The molecular formula is C21H27F2N5O2. The average Bonchev–Trinajstić information content (AvgIpc) is 3.28. The number of ether oxygens (including phenoxy) is 1. The van der Waals surface area contributed by atoms with E-state index in [0.29, 0.717) is 12.2 Å². The molecule has 0 aromatic carbocycles. The number of alkyl halides is 2. The van der Waals surface area contributed by atoms with E-state index in [2.05, 4.69) is 15.0 Å². The molecule has 2 aromatic rings. The van der Waals surface area contributed by atoms with Gasteiger partial charge in [0.2, 0.25) is 0 Å². The van der Waals surface area contributed by atoms with E-state index in [1.54, 1.807) is 12.1 Å². The average molecular weight is 419 g/mol. The van der Waals surface area contributed by atoms with E-state index >= 15 is 0 Å². The first kappa shape index (κ1) is 22.1. The van der Waals surface area contributed by atoms with Crippen molar-refractivity contribution in [1.82, 2.24) is 14.8 Å². The van der Waals surface area contributed by atoms with Gasteiger partial charge in [-0.25, -0.2) is 9.67 Å². The molecule has 1 fully saturated rings. The molecule has 0 bridgehead atoms. The van der Waals surface area contributed by atoms with Crippen LogP contribution in [0.5, 0.6) is 0 Å². The highest BCUT2D eigenvalue weighted by atomic mass is 19.3. The van der Waals surface area contributed by atoms with Crippen LogP contribution in [-0.2, 0) is 16.2 Å². The standard InChI is InChI=1S/C21H27F2N5O2/c1-20(2,3)28-19(12-16(27-28)14-7-8-15(29)11-14)26-18-6-4-5-17(25-18)21(22,23)13-30-10-9-24/h4-6,12,14-15,29H,7-8,10-11,13H2,1-3H3,(H,25,26)/t14-,15+/m1/s1. The first-order valence-electron chi connectivity index (χ1n) is 9.96. The maximum atomic E-state index is 14.3. The lowest BCUT2D eigenvalue weighted by Crippen LogP contribution is -2.25. The minimum absolute atomic E-state index is 0.171. The normalized spacial score (nSPS) is 19.6. The number of rotatable bonds is 7. The quantitative estimate of drug-likeness (QED) is 0.658. The van der Waals surface area contributed by atoms with E-state index in [0.717, 1.165) is 18.5 Å². The number of anilines is 2. The molecule has 3 rings (SSSR count). The van der Waals surface area contributed by atoms with Gasteiger partial charge < -0.3 is 15.2 Å². The van der Waals surface area contributed by atoms with E-state index in [-0.39, 0.29) is 23.4 Å². The first-order valence-corrected chi connectivity index (χ1v) is 9.96. The predicted octanol–water partition coefficient (Wildman–Crippen LogP) is 4.04. The van der Waals surface area contributed by atoms with Gasteiger partial charge in [-0.3, -0.25) is 0 Å². The zero-order valence-corrected chi connectivity index (χ0v) is 17.4. The third-order valence-electron chi connectivity index (χ3n) is 5.02. The van der Waals surface area contributed by atoms with Gasteiger partial charge in [0, 0.05) is 12.0 Å². The topological polar surface area (TPSA) is 96.0 Å². The van der Waals surface area contributed by atoms with Gasteiger partial charge in [0.1, 0.15) is 30.5 Å². The lowest BCUT2D eigenvalue weighted by molar-refractivity contribution is -0.0794. The molecule has 2 heterocycles. The summed E-state index contributed by atoms with van der Waals surface area (Å²) in [5.74, 6) is -2.24. The largest absolute Gasteiger partial charge is 0.393 e. The van der Waals surface area contributed by atoms with Crippen molar-refractivity contribution in [1.29, 1.82) is 5.26 Å². The fourth-order valence-corrected chi connectivity index (χ4v) is 3.56. The molecule has 1 aliphatic carbocycles. The number of halogens is 2. The van der Waals surface area contributed by atoms with Crippen molar-refractivity contribution >= 4 is 11.6 Å². The minimum atomic E-state index is -3.32. The zero-order chi connectivity index (χ0) is 21.9. The molecule has 9 heteroatoms. The summed E-state index contributed by atoms with van der Waals surface area (Å²) in [4.78, 5) is 4.06. The van der Waals surface area contributed by atoms with Crippen LogP contribution in [0.3, 0.4) is 0 Å². The molecule has 2 aromatic heterocycles. The van der Waals surface area contributed by atoms with Crippen LogP contribution >= 0.6 is 0 Å². The number of hydrogen-bond acceptors (Lipinski definition) is 6. The summed E-state index contributed by atoms with van der Waals surface area (Å²) in [6.07, 6.45) is 1.98. The van der Waals surface area contributed by atoms with Gasteiger partial charge in [-0.2, -0.15) is 19.1 Å². The summed E-state index contributed by atoms with van der Waals surface area (Å²) in [5, 5.41) is 26.2. The first-order chi connectivity index (χ1) is 14.1. The Labute approximate surface area is 174 Å². The number of nitrogens with one attached hydrogen (secondary N) is 1. The Kier molecular flexibility index (Phi) is 6.38. The van der Waals surface area contributed by atoms with Crippen LogP contribution in [0.25, 0.3) is 0 Å². The van der Waals surface area contributed by atoms with Gasteiger partial charge in [0.05, 0.1) is 23.4 Å². The highest BCUT2D eigenvalue weighted by Crippen LogP contribution is 2.36. The number of pyridine rings is 1. The van der Waals surface area contributed by atoms with Crippen molar-refractivity contribution < 1.29 is 18.6 Å². The lowest BCUT2D eigenvalue weighted by Gasteiger charge is -2.23. The number of aliphatic hydroxyl groups is 1. The predicted molar refractivity (Wildman–Crippen MR) is 108 cm³/mol. The molecule has 1 saturated carbocycles. The molecule has 1 aliphatic rings. The summed E-state index contributed by atoms with van der Waals surface area (Å²) < 4.78 is 35.2. The van der Waals surface area contributed by atoms with Gasteiger partial charge >= 0.3 is 5.92 Å². The van der Waals surface area contributed by atoms with Crippen LogP contribution in [-0.4, -0.2) is 39.2 Å².